The number of sulfonamides is 1. The van der Waals surface area contributed by atoms with Crippen molar-refractivity contribution in [1.82, 2.24) is 9.29 Å². The normalized spacial score (nSPS) is 19.6. The quantitative estimate of drug-likeness (QED) is 0.795. The van der Waals surface area contributed by atoms with Gasteiger partial charge in [-0.15, -0.1) is 11.3 Å². The predicted octanol–water partition coefficient (Wildman–Crippen LogP) is 2.74. The first kappa shape index (κ1) is 16.3. The van der Waals surface area contributed by atoms with Gasteiger partial charge in [-0.25, -0.2) is 8.42 Å². The lowest BCUT2D eigenvalue weighted by atomic mass is 9.93. The van der Waals surface area contributed by atoms with E-state index in [1.807, 2.05) is 18.4 Å². The van der Waals surface area contributed by atoms with Gasteiger partial charge in [0.05, 0.1) is 4.88 Å². The van der Waals surface area contributed by atoms with Crippen LogP contribution >= 0.6 is 11.3 Å². The first-order valence-corrected chi connectivity index (χ1v) is 9.80. The monoisotopic (exact) mass is 350 g/mol. The molecule has 3 heterocycles. The molecule has 122 valence electrons. The number of hydrogen-bond donors (Lipinski definition) is 0. The van der Waals surface area contributed by atoms with Gasteiger partial charge in [0, 0.05) is 31.4 Å². The molecular weight excluding hydrogens is 332 g/mol. The Hall–Kier alpha value is -1.57. The predicted molar refractivity (Wildman–Crippen MR) is 89.1 cm³/mol. The number of aryl methyl sites for hydroxylation is 1. The van der Waals surface area contributed by atoms with E-state index in [4.69, 9.17) is 0 Å². The largest absolute Gasteiger partial charge is 0.293 e. The van der Waals surface area contributed by atoms with Gasteiger partial charge in [0.2, 0.25) is 10.0 Å². The van der Waals surface area contributed by atoms with Crippen LogP contribution in [0.2, 0.25) is 0 Å². The Labute approximate surface area is 140 Å². The van der Waals surface area contributed by atoms with E-state index in [0.29, 0.717) is 13.0 Å². The molecule has 1 atom stereocenters. The highest BCUT2D eigenvalue weighted by molar-refractivity contribution is 7.89. The van der Waals surface area contributed by atoms with Crippen LogP contribution in [0.4, 0.5) is 0 Å². The number of hydrogen-bond acceptors (Lipinski definition) is 5. The standard InChI is InChI=1S/C16H18N2O3S2/c1-12-6-9-22-16(12)15(19)13-4-3-8-18(11-13)23(20,21)14-5-2-7-17-10-14/h2,5-7,9-10,13H,3-4,8,11H2,1H3. The van der Waals surface area contributed by atoms with Crippen LogP contribution in [-0.4, -0.2) is 36.6 Å². The number of pyridine rings is 1. The average Bonchev–Trinajstić information content (AvgIpc) is 3.01. The van der Waals surface area contributed by atoms with Crippen LogP contribution < -0.4 is 0 Å². The van der Waals surface area contributed by atoms with Crippen molar-refractivity contribution in [2.45, 2.75) is 24.7 Å². The lowest BCUT2D eigenvalue weighted by molar-refractivity contribution is 0.0876. The zero-order valence-corrected chi connectivity index (χ0v) is 14.4. The Morgan fingerprint density at radius 3 is 2.87 bits per heavy atom. The molecule has 2 aromatic rings. The summed E-state index contributed by atoms with van der Waals surface area (Å²) in [4.78, 5) is 17.5. The lowest BCUT2D eigenvalue weighted by Gasteiger charge is -2.31. The Bertz CT molecular complexity index is 800. The fraction of sp³-hybridized carbons (Fsp3) is 0.375. The van der Waals surface area contributed by atoms with Crippen LogP contribution in [0, 0.1) is 12.8 Å². The van der Waals surface area contributed by atoms with Crippen LogP contribution in [0.3, 0.4) is 0 Å². The maximum absolute atomic E-state index is 12.7. The van der Waals surface area contributed by atoms with Gasteiger partial charge in [0.25, 0.3) is 0 Å². The zero-order chi connectivity index (χ0) is 16.4. The van der Waals surface area contributed by atoms with Crippen molar-refractivity contribution in [3.63, 3.8) is 0 Å². The summed E-state index contributed by atoms with van der Waals surface area (Å²) in [5.74, 6) is -0.212. The first-order chi connectivity index (χ1) is 11.0. The summed E-state index contributed by atoms with van der Waals surface area (Å²) in [6.45, 7) is 2.61. The fourth-order valence-corrected chi connectivity index (χ4v) is 5.27. The topological polar surface area (TPSA) is 67.3 Å². The van der Waals surface area contributed by atoms with E-state index in [1.165, 1.54) is 27.9 Å². The number of piperidine rings is 1. The molecular formula is C16H18N2O3S2. The van der Waals surface area contributed by atoms with Crippen molar-refractivity contribution in [2.75, 3.05) is 13.1 Å². The number of Topliss-reactive ketones (excluding diaryl/α,β-unsaturated/α-hetero) is 1. The summed E-state index contributed by atoms with van der Waals surface area (Å²) >= 11 is 1.43. The van der Waals surface area contributed by atoms with Crippen LogP contribution in [0.25, 0.3) is 0 Å². The van der Waals surface area contributed by atoms with Crippen molar-refractivity contribution in [1.29, 1.82) is 0 Å². The van der Waals surface area contributed by atoms with E-state index < -0.39 is 10.0 Å². The molecule has 0 saturated carbocycles. The Balaban J connectivity index is 1.81. The van der Waals surface area contributed by atoms with E-state index in [2.05, 4.69) is 4.98 Å². The number of nitrogens with zero attached hydrogens (tertiary/aromatic N) is 2. The summed E-state index contributed by atoms with van der Waals surface area (Å²) in [5.41, 5.74) is 0.965. The molecule has 2 aromatic heterocycles. The number of carbonyl (C=O) groups is 1. The van der Waals surface area contributed by atoms with Crippen LogP contribution in [0.5, 0.6) is 0 Å². The molecule has 0 N–H and O–H groups in total. The van der Waals surface area contributed by atoms with Crippen molar-refractivity contribution in [2.24, 2.45) is 5.92 Å². The smallest absolute Gasteiger partial charge is 0.244 e. The van der Waals surface area contributed by atoms with Gasteiger partial charge in [-0.1, -0.05) is 0 Å². The molecule has 1 unspecified atom stereocenters. The molecule has 7 heteroatoms. The Morgan fingerprint density at radius 2 is 2.22 bits per heavy atom. The second-order valence-electron chi connectivity index (χ2n) is 5.69. The summed E-state index contributed by atoms with van der Waals surface area (Å²) in [6.07, 6.45) is 4.32. The van der Waals surface area contributed by atoms with E-state index in [9.17, 15) is 13.2 Å². The third-order valence-corrected chi connectivity index (χ3v) is 6.99. The molecule has 5 nitrogen and oxygen atoms in total. The minimum Gasteiger partial charge on any atom is -0.293 e. The zero-order valence-electron chi connectivity index (χ0n) is 12.8. The number of thiophene rings is 1. The van der Waals surface area contributed by atoms with E-state index >= 15 is 0 Å². The van der Waals surface area contributed by atoms with Crippen molar-refractivity contribution in [3.8, 4) is 0 Å². The number of ketones is 1. The van der Waals surface area contributed by atoms with Gasteiger partial charge in [-0.3, -0.25) is 9.78 Å². The van der Waals surface area contributed by atoms with Crippen LogP contribution in [0.15, 0.2) is 40.9 Å². The lowest BCUT2D eigenvalue weighted by Crippen LogP contribution is -2.42. The first-order valence-electron chi connectivity index (χ1n) is 7.48. The molecule has 1 aliphatic rings. The van der Waals surface area contributed by atoms with Gasteiger partial charge in [0.15, 0.2) is 5.78 Å². The molecule has 1 saturated heterocycles. The molecule has 23 heavy (non-hydrogen) atoms. The minimum absolute atomic E-state index is 0.0589. The molecule has 1 fully saturated rings. The maximum atomic E-state index is 12.7. The molecule has 1 aliphatic heterocycles. The van der Waals surface area contributed by atoms with E-state index in [1.54, 1.807) is 12.3 Å². The molecule has 0 bridgehead atoms. The summed E-state index contributed by atoms with van der Waals surface area (Å²) in [7, 11) is -3.59. The van der Waals surface area contributed by atoms with Gasteiger partial charge < -0.3 is 0 Å². The second-order valence-corrected chi connectivity index (χ2v) is 8.54. The Morgan fingerprint density at radius 1 is 1.39 bits per heavy atom. The fourth-order valence-electron chi connectivity index (χ4n) is 2.83. The Kier molecular flexibility index (Phi) is 4.61. The number of rotatable bonds is 4. The number of carbonyl (C=O) groups excluding carboxylic acids is 1. The van der Waals surface area contributed by atoms with Crippen LogP contribution in [-0.2, 0) is 10.0 Å². The molecule has 0 amide bonds. The third kappa shape index (κ3) is 3.22. The van der Waals surface area contributed by atoms with Crippen molar-refractivity contribution >= 4 is 27.1 Å². The highest BCUT2D eigenvalue weighted by Gasteiger charge is 2.34. The van der Waals surface area contributed by atoms with Crippen LogP contribution in [0.1, 0.15) is 28.1 Å². The second kappa shape index (κ2) is 6.51. The molecule has 0 radical (unpaired) electrons. The molecule has 0 aliphatic carbocycles. The van der Waals surface area contributed by atoms with E-state index in [0.717, 1.165) is 16.9 Å². The third-order valence-electron chi connectivity index (χ3n) is 4.11. The minimum atomic E-state index is -3.59. The maximum Gasteiger partial charge on any atom is 0.244 e. The number of aromatic nitrogens is 1. The van der Waals surface area contributed by atoms with E-state index in [-0.39, 0.29) is 23.1 Å². The summed E-state index contributed by atoms with van der Waals surface area (Å²) in [5, 5.41) is 1.90. The SMILES string of the molecule is Cc1ccsc1C(=O)C1CCCN(S(=O)(=O)c2cccnc2)C1. The molecule has 0 aromatic carbocycles. The van der Waals surface area contributed by atoms with Crippen molar-refractivity contribution in [3.05, 3.63) is 46.4 Å². The molecule has 3 rings (SSSR count). The van der Waals surface area contributed by atoms with Crippen molar-refractivity contribution < 1.29 is 13.2 Å². The highest BCUT2D eigenvalue weighted by Crippen LogP contribution is 2.28. The van der Waals surface area contributed by atoms with Gasteiger partial charge in [-0.05, 0) is 48.9 Å². The van der Waals surface area contributed by atoms with Gasteiger partial charge in [0.1, 0.15) is 4.90 Å². The highest BCUT2D eigenvalue weighted by atomic mass is 32.2. The van der Waals surface area contributed by atoms with Gasteiger partial charge in [-0.2, -0.15) is 4.31 Å². The average molecular weight is 350 g/mol. The summed E-state index contributed by atoms with van der Waals surface area (Å²) in [6, 6.07) is 5.07. The summed E-state index contributed by atoms with van der Waals surface area (Å²) < 4.78 is 26.8. The van der Waals surface area contributed by atoms with Gasteiger partial charge >= 0.3 is 0 Å². The molecule has 0 spiro atoms.